The van der Waals surface area contributed by atoms with Gasteiger partial charge in [0.05, 0.1) is 46.9 Å². The molecule has 10 heterocycles. The second-order valence-electron chi connectivity index (χ2n) is 21.8. The van der Waals surface area contributed by atoms with Gasteiger partial charge in [-0.3, -0.25) is 23.8 Å². The maximum absolute atomic E-state index is 13.0. The number of hydrogen-bond donors (Lipinski definition) is 6. The molecule has 0 bridgehead atoms. The highest BCUT2D eigenvalue weighted by atomic mass is 32.2. The van der Waals surface area contributed by atoms with Crippen LogP contribution in [0.1, 0.15) is 109 Å². The number of fused-ring (bicyclic) bond motifs is 12. The van der Waals surface area contributed by atoms with Crippen LogP contribution in [0, 0.1) is 0 Å². The number of halogens is 1. The van der Waals surface area contributed by atoms with E-state index >= 15 is 0 Å². The lowest BCUT2D eigenvalue weighted by Gasteiger charge is -2.42. The van der Waals surface area contributed by atoms with E-state index in [0.29, 0.717) is 53.5 Å². The van der Waals surface area contributed by atoms with E-state index < -0.39 is 13.1 Å². The fourth-order valence-corrected chi connectivity index (χ4v) is 16.2. The molecule has 10 aliphatic rings. The molecular weight excluding hydrogens is 1080 g/mol. The maximum atomic E-state index is 13.0. The van der Waals surface area contributed by atoms with Crippen LogP contribution in [-0.2, 0) is 48.4 Å². The topological polar surface area (TPSA) is 228 Å². The van der Waals surface area contributed by atoms with Crippen LogP contribution in [0.3, 0.4) is 0 Å². The zero-order chi connectivity index (χ0) is 57.0. The van der Waals surface area contributed by atoms with E-state index in [0.717, 1.165) is 129 Å². The zero-order valence-corrected chi connectivity index (χ0v) is 47.2. The third-order valence-corrected chi connectivity index (χ3v) is 20.2. The van der Waals surface area contributed by atoms with E-state index in [9.17, 15) is 28.7 Å². The normalized spacial score (nSPS) is 25.3. The van der Waals surface area contributed by atoms with Gasteiger partial charge in [-0.25, -0.2) is 9.59 Å². The van der Waals surface area contributed by atoms with Crippen LogP contribution in [-0.4, -0.2) is 138 Å². The molecule has 4 saturated heterocycles. The molecule has 4 aromatic rings. The van der Waals surface area contributed by atoms with E-state index in [4.69, 9.17) is 39.6 Å². The lowest BCUT2D eigenvalue weighted by molar-refractivity contribution is -0.137. The molecule has 0 aliphatic carbocycles. The minimum absolute atomic E-state index is 0.0637. The number of amides is 4. The number of phenols is 1. The van der Waals surface area contributed by atoms with E-state index in [-0.39, 0.29) is 67.2 Å². The van der Waals surface area contributed by atoms with Gasteiger partial charge in [0.2, 0.25) is 13.6 Å². The van der Waals surface area contributed by atoms with E-state index in [1.807, 2.05) is 35.7 Å². The summed E-state index contributed by atoms with van der Waals surface area (Å²) >= 11 is 3.77. The molecule has 2 unspecified atom stereocenters. The molecule has 434 valence electrons. The van der Waals surface area contributed by atoms with Crippen LogP contribution in [0.5, 0.6) is 46.0 Å². The van der Waals surface area contributed by atoms with Gasteiger partial charge in [0.25, 0.3) is 0 Å². The van der Waals surface area contributed by atoms with Crippen molar-refractivity contribution in [1.29, 1.82) is 0 Å². The molecule has 14 rings (SSSR count). The largest absolute Gasteiger partial charge is 0.504 e. The zero-order valence-electron chi connectivity index (χ0n) is 46.6. The summed E-state index contributed by atoms with van der Waals surface area (Å²) in [7, 11) is 2.21. The number of carboxylic acids is 1. The van der Waals surface area contributed by atoms with Crippen molar-refractivity contribution in [2.75, 3.05) is 59.6 Å². The Kier molecular flexibility index (Phi) is 16.9. The van der Waals surface area contributed by atoms with Crippen molar-refractivity contribution in [2.45, 2.75) is 137 Å². The number of thioether (sulfide) groups is 2. The van der Waals surface area contributed by atoms with Crippen molar-refractivity contribution in [2.24, 2.45) is 0 Å². The van der Waals surface area contributed by atoms with Crippen LogP contribution in [0.2, 0.25) is 0 Å². The Morgan fingerprint density at radius 3 is 1.68 bits per heavy atom. The summed E-state index contributed by atoms with van der Waals surface area (Å²) in [6, 6.07) is 17.9. The standard InChI is InChI=1S/C29H33N3O6S.C19H19NO4.C10H16N2O3S.CH3F/c1-35-22-7-6-16-10-21-18-12-24-23(36-15-37-24)11-17(18)8-9-32(21)13-19(16)28(22)38-26(33)5-3-2-4-25-27-20(14-39-25)30-29(34)31-27;1-22-16-3-2-11-6-15-13-8-18-17(23-10-24-18)7-12(13)4-5-20(15)9-14(11)19(16)21;13-8(14)4-2-1-3-7-9-6(5-16-7)11-10(15)12-9;1-2/h6-7,11-12,20-21,25,27H,2-5,8-10,13-15H2,1H3,(H2,30,31,34);2-3,7-8,15,21H,4-6,9-10H2,1H3;6-7,9H,1-5H2,(H,13,14)(H2,11,12,15);1H3/t20-,21?,25-,27-;;6-,7-,9-;/m1.1./s1/i;;;1D. The predicted octanol–water partition coefficient (Wildman–Crippen LogP) is 7.88. The summed E-state index contributed by atoms with van der Waals surface area (Å²) in [5.41, 5.74) is 9.71. The molecule has 4 amide bonds. The smallest absolute Gasteiger partial charge is 0.315 e. The number of unbranched alkanes of at least 4 members (excludes halogenated alkanes) is 2. The molecular formula is C59H71FN6O13S2. The monoisotopic (exact) mass is 1160 g/mol. The number of carbonyl (C=O) groups excluding carboxylic acids is 3. The van der Waals surface area contributed by atoms with Gasteiger partial charge in [-0.15, -0.1) is 0 Å². The number of urea groups is 2. The Balaban J connectivity index is 0.000000139. The van der Waals surface area contributed by atoms with E-state index in [2.05, 4.69) is 67.5 Å². The Labute approximate surface area is 480 Å². The molecule has 81 heavy (non-hydrogen) atoms. The molecule has 8 atom stereocenters. The molecule has 6 N–H and O–H groups in total. The number of nitrogens with one attached hydrogen (secondary N) is 4. The number of ether oxygens (including phenoxy) is 7. The quantitative estimate of drug-likeness (QED) is 0.0324. The van der Waals surface area contributed by atoms with E-state index in [1.165, 1.54) is 33.4 Å². The Bertz CT molecular complexity index is 3050. The minimum atomic E-state index is -1.00. The van der Waals surface area contributed by atoms with Gasteiger partial charge < -0.3 is 64.6 Å². The lowest BCUT2D eigenvalue weighted by Crippen LogP contribution is -2.39. The Hall–Kier alpha value is -6.49. The SMILES string of the molecule is COc1ccc2c(c1O)CN1CCc3cc4c(cc3C1C2)OCO4.COc1ccc2c(c1OC(=O)CCCC[C@H]1SC[C@H]3NC(=O)N[C@H]31)CN1CCc3cc4c(cc3C1C2)OCO4.O=C(O)CCCC[C@H]1SC[C@H]2NC(=O)N[C@H]21.[2H]CF. The number of esters is 1. The highest BCUT2D eigenvalue weighted by molar-refractivity contribution is 8.00. The summed E-state index contributed by atoms with van der Waals surface area (Å²) < 4.78 is 54.7. The molecule has 0 radical (unpaired) electrons. The van der Waals surface area contributed by atoms with Crippen LogP contribution < -0.4 is 54.4 Å². The fourth-order valence-electron chi connectivity index (χ4n) is 13.1. The van der Waals surface area contributed by atoms with Gasteiger partial charge in [0, 0.05) is 84.2 Å². The summed E-state index contributed by atoms with van der Waals surface area (Å²) in [5.74, 6) is 6.31. The molecule has 22 heteroatoms. The second kappa shape index (κ2) is 24.9. The number of aromatic hydroxyl groups is 1. The number of phenolic OH excluding ortho intramolecular Hbond substituents is 1. The van der Waals surface area contributed by atoms with Crippen molar-refractivity contribution < 1.29 is 68.3 Å². The van der Waals surface area contributed by atoms with Gasteiger partial charge in [0.15, 0.2) is 46.0 Å². The first-order valence-corrected chi connectivity index (χ1v) is 30.0. The van der Waals surface area contributed by atoms with Gasteiger partial charge in [-0.2, -0.15) is 23.5 Å². The maximum Gasteiger partial charge on any atom is 0.315 e. The Morgan fingerprint density at radius 2 is 1.16 bits per heavy atom. The van der Waals surface area contributed by atoms with Gasteiger partial charge in [-0.1, -0.05) is 25.0 Å². The molecule has 0 aromatic heterocycles. The van der Waals surface area contributed by atoms with Gasteiger partial charge in [-0.05, 0) is 121 Å². The number of alkyl halides is 1. The summed E-state index contributed by atoms with van der Waals surface area (Å²) in [5, 5.41) is 31.6. The molecule has 0 spiro atoms. The first-order valence-electron chi connectivity index (χ1n) is 28.6. The van der Waals surface area contributed by atoms with Crippen molar-refractivity contribution in [3.63, 3.8) is 0 Å². The van der Waals surface area contributed by atoms with Crippen molar-refractivity contribution >= 4 is 47.5 Å². The third kappa shape index (κ3) is 11.9. The first kappa shape index (κ1) is 55.1. The highest BCUT2D eigenvalue weighted by Gasteiger charge is 2.44. The van der Waals surface area contributed by atoms with E-state index in [1.54, 1.807) is 14.2 Å². The number of hydrogen-bond acceptors (Lipinski definition) is 16. The number of aliphatic carboxylic acids is 1. The van der Waals surface area contributed by atoms with Gasteiger partial charge >= 0.3 is 24.0 Å². The summed E-state index contributed by atoms with van der Waals surface area (Å²) in [6.07, 6.45) is 9.55. The van der Waals surface area contributed by atoms with Crippen LogP contribution >= 0.6 is 23.5 Å². The van der Waals surface area contributed by atoms with Crippen LogP contribution in [0.15, 0.2) is 48.5 Å². The molecule has 10 aliphatic heterocycles. The second-order valence-corrected chi connectivity index (χ2v) is 24.3. The lowest BCUT2D eigenvalue weighted by atomic mass is 9.83. The summed E-state index contributed by atoms with van der Waals surface area (Å²) in [6.45, 7) is 3.95. The average molecular weight is 1160 g/mol. The van der Waals surface area contributed by atoms with Crippen LogP contribution in [0.25, 0.3) is 0 Å². The number of nitrogens with zero attached hydrogens (tertiary/aromatic N) is 2. The molecule has 0 saturated carbocycles. The predicted molar refractivity (Wildman–Crippen MR) is 302 cm³/mol. The number of methoxy groups -OCH3 is 2. The van der Waals surface area contributed by atoms with Gasteiger partial charge in [0.1, 0.15) is 0 Å². The Morgan fingerprint density at radius 1 is 0.679 bits per heavy atom. The van der Waals surface area contributed by atoms with Crippen molar-refractivity contribution in [3.05, 3.63) is 93.0 Å². The molecule has 4 fully saturated rings. The number of carbonyl (C=O) groups is 4. The number of benzene rings is 4. The number of carboxylic acid groups (broad SMARTS) is 1. The van der Waals surface area contributed by atoms with Crippen molar-refractivity contribution in [1.82, 2.24) is 31.1 Å². The summed E-state index contributed by atoms with van der Waals surface area (Å²) in [4.78, 5) is 50.9. The fraction of sp³-hybridized carbons (Fsp3) is 0.525. The van der Waals surface area contributed by atoms with Crippen molar-refractivity contribution in [3.8, 4) is 46.0 Å². The molecule has 4 aromatic carbocycles. The third-order valence-electron chi connectivity index (χ3n) is 17.2. The highest BCUT2D eigenvalue weighted by Crippen LogP contribution is 2.49. The number of rotatable bonds is 13. The van der Waals surface area contributed by atoms with Crippen LogP contribution in [0.4, 0.5) is 14.0 Å². The average Bonchev–Trinajstić information content (AvgIpc) is 4.49. The minimum Gasteiger partial charge on any atom is -0.504 e. The first-order chi connectivity index (χ1) is 39.9. The molecule has 19 nitrogen and oxygen atoms in total.